The van der Waals surface area contributed by atoms with Crippen LogP contribution in [0.2, 0.25) is 0 Å². The van der Waals surface area contributed by atoms with Crippen LogP contribution in [0.4, 0.5) is 0 Å². The zero-order valence-electron chi connectivity index (χ0n) is 12.4. The first kappa shape index (κ1) is 15.5. The highest BCUT2D eigenvalue weighted by Crippen LogP contribution is 2.20. The largest absolute Gasteiger partial charge is 0.395 e. The second-order valence-corrected chi connectivity index (χ2v) is 5.79. The second-order valence-electron chi connectivity index (χ2n) is 5.79. The van der Waals surface area contributed by atoms with Gasteiger partial charge in [-0.05, 0) is 25.8 Å². The van der Waals surface area contributed by atoms with Crippen molar-refractivity contribution in [3.05, 3.63) is 0 Å². The molecule has 116 valence electrons. The van der Waals surface area contributed by atoms with Crippen molar-refractivity contribution in [3.8, 4) is 0 Å². The molecular formula is C14H29N5O. The Balaban J connectivity index is 1.91. The van der Waals surface area contributed by atoms with Gasteiger partial charge in [0.15, 0.2) is 0 Å². The standard InChI is InChI=1S/C14H29N5O/c15-17-14(16-13-5-2-1-3-6-13)19-8-4-7-18(9-10-19)11-12-20/h13,20H,1-12,15H2,(H,16,17). The minimum absolute atomic E-state index is 0.234. The number of nitrogens with two attached hydrogens (primary N) is 1. The molecule has 0 spiro atoms. The van der Waals surface area contributed by atoms with E-state index in [1.807, 2.05) is 0 Å². The molecule has 20 heavy (non-hydrogen) atoms. The topological polar surface area (TPSA) is 77.1 Å². The third kappa shape index (κ3) is 4.61. The number of β-amino-alcohol motifs (C(OH)–C–C–N with tert-alkyl or cyclic N) is 1. The normalized spacial score (nSPS) is 23.7. The SMILES string of the molecule is NNC(=NC1CCCCC1)N1CCCN(CCO)CC1. The molecule has 1 saturated carbocycles. The molecule has 0 aromatic carbocycles. The lowest BCUT2D eigenvalue weighted by molar-refractivity contribution is 0.201. The molecule has 1 aliphatic carbocycles. The van der Waals surface area contributed by atoms with Gasteiger partial charge in [-0.1, -0.05) is 19.3 Å². The number of hydrogen-bond donors (Lipinski definition) is 3. The quantitative estimate of drug-likeness (QED) is 0.297. The van der Waals surface area contributed by atoms with Crippen molar-refractivity contribution in [2.45, 2.75) is 44.6 Å². The summed E-state index contributed by atoms with van der Waals surface area (Å²) in [6, 6.07) is 0.437. The minimum Gasteiger partial charge on any atom is -0.395 e. The van der Waals surface area contributed by atoms with Crippen LogP contribution in [0.5, 0.6) is 0 Å². The highest BCUT2D eigenvalue weighted by atomic mass is 16.3. The van der Waals surface area contributed by atoms with E-state index in [4.69, 9.17) is 15.9 Å². The maximum Gasteiger partial charge on any atom is 0.208 e. The molecule has 2 fully saturated rings. The summed E-state index contributed by atoms with van der Waals surface area (Å²) < 4.78 is 0. The van der Waals surface area contributed by atoms with Crippen molar-refractivity contribution in [3.63, 3.8) is 0 Å². The molecule has 4 N–H and O–H groups in total. The monoisotopic (exact) mass is 283 g/mol. The van der Waals surface area contributed by atoms with E-state index in [-0.39, 0.29) is 6.61 Å². The molecule has 0 radical (unpaired) electrons. The summed E-state index contributed by atoms with van der Waals surface area (Å²) >= 11 is 0. The zero-order valence-corrected chi connectivity index (χ0v) is 12.4. The van der Waals surface area contributed by atoms with Crippen molar-refractivity contribution < 1.29 is 5.11 Å². The fraction of sp³-hybridized carbons (Fsp3) is 0.929. The van der Waals surface area contributed by atoms with Gasteiger partial charge in [0.1, 0.15) is 0 Å². The molecule has 1 saturated heterocycles. The summed E-state index contributed by atoms with van der Waals surface area (Å²) in [7, 11) is 0. The van der Waals surface area contributed by atoms with E-state index in [2.05, 4.69) is 15.2 Å². The van der Waals surface area contributed by atoms with E-state index >= 15 is 0 Å². The molecule has 2 aliphatic rings. The van der Waals surface area contributed by atoms with Crippen molar-refractivity contribution in [1.82, 2.24) is 15.2 Å². The number of nitrogens with zero attached hydrogens (tertiary/aromatic N) is 3. The van der Waals surface area contributed by atoms with Crippen LogP contribution in [0.1, 0.15) is 38.5 Å². The molecule has 6 heteroatoms. The van der Waals surface area contributed by atoms with Crippen LogP contribution in [0.15, 0.2) is 4.99 Å². The van der Waals surface area contributed by atoms with Crippen molar-refractivity contribution in [2.24, 2.45) is 10.8 Å². The number of guanidine groups is 1. The summed E-state index contributed by atoms with van der Waals surface area (Å²) in [6.07, 6.45) is 7.39. The number of aliphatic hydroxyl groups is 1. The van der Waals surface area contributed by atoms with Gasteiger partial charge < -0.3 is 10.0 Å². The van der Waals surface area contributed by atoms with E-state index < -0.39 is 0 Å². The maximum atomic E-state index is 9.04. The van der Waals surface area contributed by atoms with E-state index in [1.165, 1.54) is 32.1 Å². The number of aliphatic imine (C=N–C) groups is 1. The molecule has 1 heterocycles. The van der Waals surface area contributed by atoms with Gasteiger partial charge >= 0.3 is 0 Å². The van der Waals surface area contributed by atoms with E-state index in [0.717, 1.165) is 45.1 Å². The smallest absolute Gasteiger partial charge is 0.208 e. The molecule has 1 aliphatic heterocycles. The van der Waals surface area contributed by atoms with Crippen molar-refractivity contribution >= 4 is 5.96 Å². The van der Waals surface area contributed by atoms with Crippen LogP contribution >= 0.6 is 0 Å². The summed E-state index contributed by atoms with van der Waals surface area (Å²) in [5.41, 5.74) is 2.80. The number of rotatable bonds is 3. The number of nitrogens with one attached hydrogen (secondary N) is 1. The van der Waals surface area contributed by atoms with Gasteiger partial charge in [0, 0.05) is 26.2 Å². The highest BCUT2D eigenvalue weighted by Gasteiger charge is 2.19. The van der Waals surface area contributed by atoms with Crippen molar-refractivity contribution in [2.75, 3.05) is 39.3 Å². The fourth-order valence-corrected chi connectivity index (χ4v) is 3.14. The van der Waals surface area contributed by atoms with Crippen LogP contribution in [0.3, 0.4) is 0 Å². The first-order valence-corrected chi connectivity index (χ1v) is 7.96. The highest BCUT2D eigenvalue weighted by molar-refractivity contribution is 5.79. The lowest BCUT2D eigenvalue weighted by Gasteiger charge is -2.26. The summed E-state index contributed by atoms with van der Waals surface area (Å²) in [5, 5.41) is 9.04. The molecule has 0 aromatic heterocycles. The Morgan fingerprint density at radius 3 is 2.60 bits per heavy atom. The Bertz CT molecular complexity index is 304. The molecule has 0 bridgehead atoms. The fourth-order valence-electron chi connectivity index (χ4n) is 3.14. The average molecular weight is 283 g/mol. The molecule has 6 nitrogen and oxygen atoms in total. The number of hydrazine groups is 1. The zero-order chi connectivity index (χ0) is 14.2. The number of aliphatic hydroxyl groups excluding tert-OH is 1. The van der Waals surface area contributed by atoms with E-state index in [9.17, 15) is 0 Å². The lowest BCUT2D eigenvalue weighted by Crippen LogP contribution is -2.47. The molecule has 0 amide bonds. The summed E-state index contributed by atoms with van der Waals surface area (Å²) in [4.78, 5) is 9.39. The first-order valence-electron chi connectivity index (χ1n) is 7.96. The van der Waals surface area contributed by atoms with Crippen LogP contribution in [0, 0.1) is 0 Å². The average Bonchev–Trinajstić information content (AvgIpc) is 2.72. The molecule has 0 aromatic rings. The molecular weight excluding hydrogens is 254 g/mol. The van der Waals surface area contributed by atoms with Crippen LogP contribution in [0.25, 0.3) is 0 Å². The van der Waals surface area contributed by atoms with Gasteiger partial charge in [-0.15, -0.1) is 0 Å². The van der Waals surface area contributed by atoms with Gasteiger partial charge in [-0.2, -0.15) is 0 Å². The van der Waals surface area contributed by atoms with Crippen LogP contribution < -0.4 is 11.3 Å². The van der Waals surface area contributed by atoms with Gasteiger partial charge in [-0.25, -0.2) is 10.8 Å². The first-order chi connectivity index (χ1) is 9.83. The van der Waals surface area contributed by atoms with Gasteiger partial charge in [0.25, 0.3) is 0 Å². The molecule has 2 rings (SSSR count). The van der Waals surface area contributed by atoms with Crippen molar-refractivity contribution in [1.29, 1.82) is 0 Å². The van der Waals surface area contributed by atoms with Crippen LogP contribution in [-0.2, 0) is 0 Å². The Morgan fingerprint density at radius 2 is 1.90 bits per heavy atom. The Kier molecular flexibility index (Phi) is 6.56. The predicted octanol–water partition coefficient (Wildman–Crippen LogP) is 0.138. The van der Waals surface area contributed by atoms with E-state index in [1.54, 1.807) is 0 Å². The molecule has 0 atom stereocenters. The lowest BCUT2D eigenvalue weighted by atomic mass is 9.96. The van der Waals surface area contributed by atoms with Crippen LogP contribution in [-0.4, -0.2) is 66.2 Å². The minimum atomic E-state index is 0.234. The predicted molar refractivity (Wildman–Crippen MR) is 81.3 cm³/mol. The summed E-state index contributed by atoms with van der Waals surface area (Å²) in [6.45, 7) is 4.91. The maximum absolute atomic E-state index is 9.04. The molecule has 0 unspecified atom stereocenters. The third-order valence-corrected chi connectivity index (χ3v) is 4.31. The summed E-state index contributed by atoms with van der Waals surface area (Å²) in [5.74, 6) is 6.54. The second kappa shape index (κ2) is 8.44. The third-order valence-electron chi connectivity index (χ3n) is 4.31. The number of hydrogen-bond acceptors (Lipinski definition) is 4. The van der Waals surface area contributed by atoms with Gasteiger partial charge in [0.05, 0.1) is 12.6 Å². The van der Waals surface area contributed by atoms with Gasteiger partial charge in [-0.3, -0.25) is 10.3 Å². The van der Waals surface area contributed by atoms with E-state index in [0.29, 0.717) is 6.04 Å². The Hall–Kier alpha value is -0.850. The Morgan fingerprint density at radius 1 is 1.10 bits per heavy atom. The Labute approximate surface area is 122 Å². The van der Waals surface area contributed by atoms with Gasteiger partial charge in [0.2, 0.25) is 5.96 Å².